The van der Waals surface area contributed by atoms with Crippen molar-refractivity contribution in [2.75, 3.05) is 32.8 Å². The van der Waals surface area contributed by atoms with Gasteiger partial charge in [0.1, 0.15) is 23.9 Å². The number of rotatable bonds is 10. The number of benzene rings is 3. The Balaban J connectivity index is 1.37. The zero-order chi connectivity index (χ0) is 27.2. The van der Waals surface area contributed by atoms with E-state index in [2.05, 4.69) is 4.90 Å². The first-order valence-electron chi connectivity index (χ1n) is 13.3. The first-order chi connectivity index (χ1) is 19.0. The number of fused-ring (bicyclic) bond motifs is 1. The van der Waals surface area contributed by atoms with Crippen LogP contribution in [0.2, 0.25) is 0 Å². The molecule has 0 amide bonds. The second-order valence-corrected chi connectivity index (χ2v) is 10.7. The van der Waals surface area contributed by atoms with Crippen molar-refractivity contribution in [2.45, 2.75) is 25.7 Å². The zero-order valence-corrected chi connectivity index (χ0v) is 22.5. The van der Waals surface area contributed by atoms with Crippen molar-refractivity contribution in [1.82, 2.24) is 4.90 Å². The van der Waals surface area contributed by atoms with Crippen molar-refractivity contribution in [1.29, 1.82) is 0 Å². The quantitative estimate of drug-likeness (QED) is 0.152. The van der Waals surface area contributed by atoms with Crippen LogP contribution in [-0.2, 0) is 4.79 Å². The molecule has 0 saturated carbocycles. The van der Waals surface area contributed by atoms with E-state index < -0.39 is 5.97 Å². The average molecular weight is 545 g/mol. The summed E-state index contributed by atoms with van der Waals surface area (Å²) in [6.07, 6.45) is 3.96. The number of hydrogen-bond acceptors (Lipinski definition) is 8. The number of esters is 1. The highest BCUT2D eigenvalue weighted by molar-refractivity contribution is 7.22. The third-order valence-corrected chi connectivity index (χ3v) is 8.04. The number of nitrogens with two attached hydrogens (primary N) is 1. The normalized spacial score (nSPS) is 13.9. The molecule has 8 heteroatoms. The van der Waals surface area contributed by atoms with Crippen LogP contribution in [0.1, 0.15) is 41.6 Å². The Hall–Kier alpha value is -3.72. The molecule has 3 N–H and O–H groups in total. The summed E-state index contributed by atoms with van der Waals surface area (Å²) < 4.78 is 12.1. The Labute approximate surface area is 231 Å². The van der Waals surface area contributed by atoms with E-state index in [4.69, 9.17) is 15.2 Å². The topological polar surface area (TPSA) is 102 Å². The van der Waals surface area contributed by atoms with Gasteiger partial charge in [-0.1, -0.05) is 6.42 Å². The average Bonchev–Trinajstić information content (AvgIpc) is 3.32. The molecule has 0 spiro atoms. The molecule has 1 fully saturated rings. The summed E-state index contributed by atoms with van der Waals surface area (Å²) in [7, 11) is 0. The van der Waals surface area contributed by atoms with Crippen molar-refractivity contribution in [3.63, 3.8) is 0 Å². The highest BCUT2D eigenvalue weighted by atomic mass is 32.1. The fourth-order valence-corrected chi connectivity index (χ4v) is 6.05. The molecule has 7 nitrogen and oxygen atoms in total. The molecule has 1 aliphatic heterocycles. The lowest BCUT2D eigenvalue weighted by molar-refractivity contribution is -0.134. The number of piperidine rings is 1. The predicted molar refractivity (Wildman–Crippen MR) is 154 cm³/mol. The number of ether oxygens (including phenoxy) is 2. The van der Waals surface area contributed by atoms with Crippen molar-refractivity contribution in [2.24, 2.45) is 5.73 Å². The van der Waals surface area contributed by atoms with Crippen LogP contribution in [0.4, 0.5) is 0 Å². The molecule has 0 atom stereocenters. The third kappa shape index (κ3) is 6.47. The number of phenolic OH excluding ortho intramolecular Hbond substituents is 1. The molecule has 3 aromatic carbocycles. The summed E-state index contributed by atoms with van der Waals surface area (Å²) in [6, 6.07) is 19.4. The summed E-state index contributed by atoms with van der Waals surface area (Å²) in [6.45, 7) is 4.01. The van der Waals surface area contributed by atoms with Gasteiger partial charge in [-0.3, -0.25) is 14.5 Å². The summed E-state index contributed by atoms with van der Waals surface area (Å²) >= 11 is 1.44. The van der Waals surface area contributed by atoms with Gasteiger partial charge in [-0.15, -0.1) is 11.3 Å². The van der Waals surface area contributed by atoms with E-state index in [1.165, 1.54) is 30.6 Å². The fraction of sp³-hybridized carbons (Fsp3) is 0.290. The standard InChI is InChI=1S/C31H32N2O5S/c32-15-14-28(35)38-25-11-6-22(7-12-25)31-29(26-13-8-23(34)20-27(26)39-31)30(36)21-4-9-24(10-5-21)37-19-18-33-16-2-1-3-17-33/h4-13,20,34H,1-3,14-19,32H2. The zero-order valence-electron chi connectivity index (χ0n) is 21.7. The number of nitrogens with zero attached hydrogens (tertiary/aromatic N) is 1. The predicted octanol–water partition coefficient (Wildman–Crippen LogP) is 5.62. The van der Waals surface area contributed by atoms with E-state index in [0.717, 1.165) is 45.9 Å². The maximum Gasteiger partial charge on any atom is 0.312 e. The largest absolute Gasteiger partial charge is 0.508 e. The molecule has 0 unspecified atom stereocenters. The van der Waals surface area contributed by atoms with Gasteiger partial charge in [0.2, 0.25) is 0 Å². The third-order valence-electron chi connectivity index (χ3n) is 6.84. The number of thiophene rings is 1. The fourth-order valence-electron chi connectivity index (χ4n) is 4.81. The Bertz CT molecular complexity index is 1440. The lowest BCUT2D eigenvalue weighted by Gasteiger charge is -2.26. The molecule has 0 aliphatic carbocycles. The van der Waals surface area contributed by atoms with Crippen LogP contribution in [-0.4, -0.2) is 54.5 Å². The number of likely N-dealkylation sites (tertiary alicyclic amines) is 1. The van der Waals surface area contributed by atoms with Crippen LogP contribution < -0.4 is 15.2 Å². The first-order valence-corrected chi connectivity index (χ1v) is 14.1. The van der Waals surface area contributed by atoms with Gasteiger partial charge >= 0.3 is 5.97 Å². The van der Waals surface area contributed by atoms with Gasteiger partial charge < -0.3 is 20.3 Å². The summed E-state index contributed by atoms with van der Waals surface area (Å²) in [5.41, 5.74) is 7.36. The molecule has 5 rings (SSSR count). The Morgan fingerprint density at radius 3 is 2.36 bits per heavy atom. The van der Waals surface area contributed by atoms with E-state index in [-0.39, 0.29) is 24.5 Å². The van der Waals surface area contributed by atoms with Crippen molar-refractivity contribution < 1.29 is 24.2 Å². The SMILES string of the molecule is NCCC(=O)Oc1ccc(-c2sc3cc(O)ccc3c2C(=O)c2ccc(OCCN3CCCCC3)cc2)cc1. The van der Waals surface area contributed by atoms with Gasteiger partial charge in [-0.2, -0.15) is 0 Å². The monoisotopic (exact) mass is 544 g/mol. The number of carbonyl (C=O) groups excluding carboxylic acids is 2. The molecular weight excluding hydrogens is 512 g/mol. The first kappa shape index (κ1) is 26.9. The van der Waals surface area contributed by atoms with Crippen LogP contribution in [0, 0.1) is 0 Å². The molecule has 1 aromatic heterocycles. The summed E-state index contributed by atoms with van der Waals surface area (Å²) in [5.74, 6) is 0.795. The number of aromatic hydroxyl groups is 1. The highest BCUT2D eigenvalue weighted by Gasteiger charge is 2.22. The Kier molecular flexibility index (Phi) is 8.56. The van der Waals surface area contributed by atoms with Crippen molar-refractivity contribution in [3.8, 4) is 27.7 Å². The second kappa shape index (κ2) is 12.4. The van der Waals surface area contributed by atoms with Crippen LogP contribution in [0.25, 0.3) is 20.5 Å². The van der Waals surface area contributed by atoms with Crippen LogP contribution in [0.5, 0.6) is 17.2 Å². The molecule has 1 aliphatic rings. The lowest BCUT2D eigenvalue weighted by Crippen LogP contribution is -2.33. The minimum Gasteiger partial charge on any atom is -0.508 e. The maximum atomic E-state index is 13.8. The van der Waals surface area contributed by atoms with Crippen LogP contribution in [0.3, 0.4) is 0 Å². The summed E-state index contributed by atoms with van der Waals surface area (Å²) in [4.78, 5) is 28.8. The van der Waals surface area contributed by atoms with Crippen LogP contribution in [0.15, 0.2) is 66.7 Å². The van der Waals surface area contributed by atoms with Gasteiger partial charge in [0, 0.05) is 39.2 Å². The van der Waals surface area contributed by atoms with Crippen molar-refractivity contribution in [3.05, 3.63) is 77.9 Å². The number of phenols is 1. The molecular formula is C31H32N2O5S. The molecule has 39 heavy (non-hydrogen) atoms. The molecule has 0 bridgehead atoms. The number of ketones is 1. The number of carbonyl (C=O) groups is 2. The Morgan fingerprint density at radius 1 is 0.923 bits per heavy atom. The minimum atomic E-state index is -0.391. The van der Waals surface area contributed by atoms with E-state index in [1.807, 2.05) is 24.3 Å². The van der Waals surface area contributed by atoms with Gasteiger partial charge in [0.05, 0.1) is 6.42 Å². The molecule has 202 valence electrons. The van der Waals surface area contributed by atoms with Gasteiger partial charge in [0.25, 0.3) is 0 Å². The van der Waals surface area contributed by atoms with Gasteiger partial charge in [-0.25, -0.2) is 0 Å². The van der Waals surface area contributed by atoms with Gasteiger partial charge in [0.15, 0.2) is 5.78 Å². The van der Waals surface area contributed by atoms with Crippen molar-refractivity contribution >= 4 is 33.2 Å². The second-order valence-electron chi connectivity index (χ2n) is 9.63. The van der Waals surface area contributed by atoms with E-state index in [1.54, 1.807) is 42.5 Å². The van der Waals surface area contributed by atoms with E-state index >= 15 is 0 Å². The minimum absolute atomic E-state index is 0.111. The number of hydrogen-bond donors (Lipinski definition) is 2. The van der Waals surface area contributed by atoms with Gasteiger partial charge in [-0.05, 0) is 98.2 Å². The van der Waals surface area contributed by atoms with E-state index in [0.29, 0.717) is 23.5 Å². The molecule has 0 radical (unpaired) electrons. The summed E-state index contributed by atoms with van der Waals surface area (Å²) in [5, 5.41) is 10.8. The van der Waals surface area contributed by atoms with E-state index in [9.17, 15) is 14.7 Å². The lowest BCUT2D eigenvalue weighted by atomic mass is 9.97. The Morgan fingerprint density at radius 2 is 1.64 bits per heavy atom. The highest BCUT2D eigenvalue weighted by Crippen LogP contribution is 2.41. The molecule has 4 aromatic rings. The van der Waals surface area contributed by atoms with Crippen LogP contribution >= 0.6 is 11.3 Å². The smallest absolute Gasteiger partial charge is 0.312 e. The molecule has 2 heterocycles. The molecule has 1 saturated heterocycles. The maximum absolute atomic E-state index is 13.8.